The average Bonchev–Trinajstić information content (AvgIpc) is 2.69. The van der Waals surface area contributed by atoms with Gasteiger partial charge in [-0.25, -0.2) is 0 Å². The van der Waals surface area contributed by atoms with E-state index < -0.39 is 0 Å². The van der Waals surface area contributed by atoms with Crippen LogP contribution in [-0.4, -0.2) is 12.1 Å². The molecule has 0 aliphatic heterocycles. The molecule has 0 aliphatic carbocycles. The Hall–Kier alpha value is -0.970. The molecule has 0 amide bonds. The minimum atomic E-state index is 0.331. The molecule has 2 rings (SSSR count). The number of thiazole rings is 1. The van der Waals surface area contributed by atoms with Crippen molar-refractivity contribution < 1.29 is 9.47 Å². The minimum Gasteiger partial charge on any atom is -0.497 e. The summed E-state index contributed by atoms with van der Waals surface area (Å²) in [5, 5.41) is 0.863. The van der Waals surface area contributed by atoms with E-state index in [-0.39, 0.29) is 0 Å². The zero-order valence-electron chi connectivity index (χ0n) is 8.94. The lowest BCUT2D eigenvalue weighted by Crippen LogP contribution is -1.85. The van der Waals surface area contributed by atoms with Crippen molar-refractivity contribution in [3.8, 4) is 16.7 Å². The van der Waals surface area contributed by atoms with Crippen LogP contribution in [-0.2, 0) is 5.88 Å². The van der Waals surface area contributed by atoms with Crippen molar-refractivity contribution in [2.75, 3.05) is 7.11 Å². The van der Waals surface area contributed by atoms with E-state index in [4.69, 9.17) is 32.7 Å². The van der Waals surface area contributed by atoms with Crippen LogP contribution in [0.1, 0.15) is 4.88 Å². The molecular weight excluding hydrogens is 281 g/mol. The minimum absolute atomic E-state index is 0.331. The van der Waals surface area contributed by atoms with Crippen LogP contribution in [0.15, 0.2) is 24.3 Å². The van der Waals surface area contributed by atoms with E-state index in [1.807, 2.05) is 18.2 Å². The van der Waals surface area contributed by atoms with Crippen molar-refractivity contribution in [3.05, 3.63) is 34.3 Å². The summed E-state index contributed by atoms with van der Waals surface area (Å²) in [5.74, 6) is 1.71. The Morgan fingerprint density at radius 2 is 2.12 bits per heavy atom. The summed E-state index contributed by atoms with van der Waals surface area (Å²) in [6, 6.07) is 7.27. The second-order valence-electron chi connectivity index (χ2n) is 3.11. The quantitative estimate of drug-likeness (QED) is 0.785. The molecule has 0 radical (unpaired) electrons. The molecule has 0 bridgehead atoms. The van der Waals surface area contributed by atoms with Crippen LogP contribution in [0.3, 0.4) is 0 Å². The summed E-state index contributed by atoms with van der Waals surface area (Å²) >= 11 is 12.9. The summed E-state index contributed by atoms with van der Waals surface area (Å²) in [4.78, 5) is 4.87. The van der Waals surface area contributed by atoms with Crippen molar-refractivity contribution in [1.82, 2.24) is 4.98 Å². The summed E-state index contributed by atoms with van der Waals surface area (Å²) in [7, 11) is 1.60. The van der Waals surface area contributed by atoms with E-state index in [1.54, 1.807) is 13.2 Å². The molecule has 1 aromatic carbocycles. The highest BCUT2D eigenvalue weighted by Gasteiger charge is 2.10. The lowest BCUT2D eigenvalue weighted by Gasteiger charge is -2.03. The Balaban J connectivity index is 2.18. The van der Waals surface area contributed by atoms with E-state index in [2.05, 4.69) is 4.98 Å². The molecule has 0 fully saturated rings. The van der Waals surface area contributed by atoms with Gasteiger partial charge in [0.1, 0.15) is 16.7 Å². The van der Waals surface area contributed by atoms with Crippen LogP contribution in [0, 0.1) is 0 Å². The number of halogens is 2. The maximum Gasteiger partial charge on any atom is 0.280 e. The predicted octanol–water partition coefficient (Wildman–Crippen LogP) is 4.34. The van der Waals surface area contributed by atoms with Gasteiger partial charge in [-0.1, -0.05) is 29.0 Å². The number of methoxy groups -OCH3 is 1. The fourth-order valence-electron chi connectivity index (χ4n) is 1.20. The monoisotopic (exact) mass is 289 g/mol. The molecule has 0 saturated carbocycles. The van der Waals surface area contributed by atoms with Gasteiger partial charge in [-0.15, -0.1) is 11.6 Å². The number of aromatic nitrogens is 1. The van der Waals surface area contributed by atoms with Gasteiger partial charge in [-0.3, -0.25) is 0 Å². The Morgan fingerprint density at radius 1 is 1.35 bits per heavy atom. The maximum absolute atomic E-state index is 5.88. The van der Waals surface area contributed by atoms with Crippen molar-refractivity contribution in [2.45, 2.75) is 5.88 Å². The molecule has 1 heterocycles. The molecule has 0 unspecified atom stereocenters. The standard InChI is InChI=1S/C11H9Cl2NO2S/c1-15-7-3-2-4-8(5-7)16-11-14-10(13)9(6-12)17-11/h2-5H,6H2,1H3. The van der Waals surface area contributed by atoms with Gasteiger partial charge in [0.15, 0.2) is 0 Å². The largest absolute Gasteiger partial charge is 0.497 e. The second-order valence-corrected chi connectivity index (χ2v) is 4.78. The van der Waals surface area contributed by atoms with Gasteiger partial charge in [-0.05, 0) is 12.1 Å². The third-order valence-corrected chi connectivity index (χ3v) is 3.78. The highest BCUT2D eigenvalue weighted by atomic mass is 35.5. The van der Waals surface area contributed by atoms with E-state index in [0.29, 0.717) is 22.0 Å². The summed E-state index contributed by atoms with van der Waals surface area (Å²) in [6.07, 6.45) is 0. The molecule has 6 heteroatoms. The normalized spacial score (nSPS) is 10.3. The van der Waals surface area contributed by atoms with Crippen molar-refractivity contribution in [3.63, 3.8) is 0 Å². The van der Waals surface area contributed by atoms with Gasteiger partial charge in [0, 0.05) is 6.07 Å². The smallest absolute Gasteiger partial charge is 0.280 e. The molecule has 0 atom stereocenters. The van der Waals surface area contributed by atoms with Crippen molar-refractivity contribution in [1.29, 1.82) is 0 Å². The molecule has 0 spiro atoms. The summed E-state index contributed by atoms with van der Waals surface area (Å²) in [5.41, 5.74) is 0. The lowest BCUT2D eigenvalue weighted by molar-refractivity contribution is 0.409. The Kier molecular flexibility index (Phi) is 4.10. The van der Waals surface area contributed by atoms with Crippen molar-refractivity contribution in [2.24, 2.45) is 0 Å². The van der Waals surface area contributed by atoms with Crippen LogP contribution in [0.2, 0.25) is 5.15 Å². The van der Waals surface area contributed by atoms with E-state index in [1.165, 1.54) is 11.3 Å². The summed E-state index contributed by atoms with van der Waals surface area (Å²) in [6.45, 7) is 0. The molecule has 3 nitrogen and oxygen atoms in total. The first-order valence-electron chi connectivity index (χ1n) is 4.76. The first kappa shape index (κ1) is 12.5. The molecule has 0 aliphatic rings. The van der Waals surface area contributed by atoms with E-state index in [9.17, 15) is 0 Å². The predicted molar refractivity (Wildman–Crippen MR) is 69.7 cm³/mol. The number of alkyl halides is 1. The Bertz CT molecular complexity index is 516. The third kappa shape index (κ3) is 3.03. The second kappa shape index (κ2) is 5.58. The zero-order valence-corrected chi connectivity index (χ0v) is 11.3. The molecular formula is C11H9Cl2NO2S. The number of rotatable bonds is 4. The van der Waals surface area contributed by atoms with Crippen LogP contribution >= 0.6 is 34.5 Å². The van der Waals surface area contributed by atoms with Gasteiger partial charge < -0.3 is 9.47 Å². The molecule has 0 saturated heterocycles. The first-order valence-corrected chi connectivity index (χ1v) is 6.49. The van der Waals surface area contributed by atoms with Gasteiger partial charge in [-0.2, -0.15) is 4.98 Å². The number of hydrogen-bond donors (Lipinski definition) is 0. The zero-order chi connectivity index (χ0) is 12.3. The Morgan fingerprint density at radius 3 is 2.76 bits per heavy atom. The Labute approximate surface area is 113 Å². The highest BCUT2D eigenvalue weighted by molar-refractivity contribution is 7.14. The van der Waals surface area contributed by atoms with Crippen LogP contribution in [0.5, 0.6) is 16.7 Å². The fraction of sp³-hybridized carbons (Fsp3) is 0.182. The van der Waals surface area contributed by atoms with Crippen LogP contribution < -0.4 is 9.47 Å². The number of nitrogens with zero attached hydrogens (tertiary/aromatic N) is 1. The average molecular weight is 290 g/mol. The van der Waals surface area contributed by atoms with E-state index in [0.717, 1.165) is 10.6 Å². The van der Waals surface area contributed by atoms with Crippen LogP contribution in [0.4, 0.5) is 0 Å². The highest BCUT2D eigenvalue weighted by Crippen LogP contribution is 2.33. The van der Waals surface area contributed by atoms with Crippen molar-refractivity contribution >= 4 is 34.5 Å². The molecule has 2 aromatic rings. The topological polar surface area (TPSA) is 31.4 Å². The first-order chi connectivity index (χ1) is 8.22. The maximum atomic E-state index is 5.88. The fourth-order valence-corrected chi connectivity index (χ4v) is 2.54. The number of ether oxygens (including phenoxy) is 2. The molecule has 0 N–H and O–H groups in total. The number of hydrogen-bond acceptors (Lipinski definition) is 4. The SMILES string of the molecule is COc1cccc(Oc2nc(Cl)c(CCl)s2)c1. The van der Waals surface area contributed by atoms with Gasteiger partial charge in [0.05, 0.1) is 17.9 Å². The lowest BCUT2D eigenvalue weighted by atomic mass is 10.3. The van der Waals surface area contributed by atoms with Gasteiger partial charge in [0.25, 0.3) is 5.19 Å². The van der Waals surface area contributed by atoms with E-state index >= 15 is 0 Å². The van der Waals surface area contributed by atoms with Crippen LogP contribution in [0.25, 0.3) is 0 Å². The number of benzene rings is 1. The summed E-state index contributed by atoms with van der Waals surface area (Å²) < 4.78 is 10.7. The molecule has 17 heavy (non-hydrogen) atoms. The van der Waals surface area contributed by atoms with Gasteiger partial charge in [0.2, 0.25) is 0 Å². The van der Waals surface area contributed by atoms with Gasteiger partial charge >= 0.3 is 0 Å². The third-order valence-electron chi connectivity index (χ3n) is 2.00. The molecule has 90 valence electrons. The molecule has 1 aromatic heterocycles.